The lowest BCUT2D eigenvalue weighted by Crippen LogP contribution is -2.47. The van der Waals surface area contributed by atoms with E-state index in [-0.39, 0.29) is 0 Å². The zero-order valence-corrected chi connectivity index (χ0v) is 11.6. The molecule has 1 aromatic heterocycles. The van der Waals surface area contributed by atoms with Gasteiger partial charge < -0.3 is 10.6 Å². The summed E-state index contributed by atoms with van der Waals surface area (Å²) in [4.78, 5) is 9.25. The van der Waals surface area contributed by atoms with Crippen LogP contribution in [0.4, 0.5) is 5.95 Å². The Bertz CT molecular complexity index is 564. The Morgan fingerprint density at radius 2 is 1.75 bits per heavy atom. The lowest BCUT2D eigenvalue weighted by Gasteiger charge is -2.34. The summed E-state index contributed by atoms with van der Waals surface area (Å²) in [7, 11) is 0. The Morgan fingerprint density at radius 1 is 1.00 bits per heavy atom. The van der Waals surface area contributed by atoms with Crippen LogP contribution >= 0.6 is 0 Å². The van der Waals surface area contributed by atoms with Gasteiger partial charge in [0.2, 0.25) is 5.95 Å². The third kappa shape index (κ3) is 2.86. The van der Waals surface area contributed by atoms with Crippen LogP contribution < -0.4 is 10.6 Å². The van der Waals surface area contributed by atoms with E-state index in [9.17, 15) is 0 Å². The number of nitrogens with zero attached hydrogens (tertiary/aromatic N) is 5. The maximum absolute atomic E-state index is 5.55. The Balaban J connectivity index is 1.67. The molecule has 6 heteroatoms. The van der Waals surface area contributed by atoms with Crippen LogP contribution in [0.3, 0.4) is 0 Å². The van der Waals surface area contributed by atoms with Crippen molar-refractivity contribution in [3.8, 4) is 0 Å². The largest absolute Gasteiger partial charge is 0.337 e. The number of rotatable bonds is 4. The Kier molecular flexibility index (Phi) is 4.03. The van der Waals surface area contributed by atoms with Gasteiger partial charge in [0, 0.05) is 26.2 Å². The minimum Gasteiger partial charge on any atom is -0.337 e. The second kappa shape index (κ2) is 6.11. The molecule has 0 spiro atoms. The normalized spacial score (nSPS) is 16.8. The SMILES string of the molecule is NCCCN1CCN(c2nnc3ccccc3n2)CC1. The van der Waals surface area contributed by atoms with E-state index in [4.69, 9.17) is 5.73 Å². The van der Waals surface area contributed by atoms with E-state index in [1.54, 1.807) is 0 Å². The van der Waals surface area contributed by atoms with Gasteiger partial charge >= 0.3 is 0 Å². The van der Waals surface area contributed by atoms with Gasteiger partial charge in [-0.25, -0.2) is 4.98 Å². The summed E-state index contributed by atoms with van der Waals surface area (Å²) >= 11 is 0. The molecule has 2 aromatic rings. The summed E-state index contributed by atoms with van der Waals surface area (Å²) in [6.45, 7) is 5.82. The molecule has 0 atom stereocenters. The maximum Gasteiger partial charge on any atom is 0.246 e. The minimum atomic E-state index is 0.738. The number of anilines is 1. The van der Waals surface area contributed by atoms with E-state index in [2.05, 4.69) is 25.0 Å². The molecule has 1 saturated heterocycles. The Labute approximate surface area is 118 Å². The average Bonchev–Trinajstić information content (AvgIpc) is 2.53. The van der Waals surface area contributed by atoms with Crippen LogP contribution in [0.2, 0.25) is 0 Å². The van der Waals surface area contributed by atoms with Gasteiger partial charge in [-0.15, -0.1) is 10.2 Å². The fourth-order valence-electron chi connectivity index (χ4n) is 2.49. The van der Waals surface area contributed by atoms with Crippen LogP contribution in [0.25, 0.3) is 11.0 Å². The van der Waals surface area contributed by atoms with Gasteiger partial charge in [0.15, 0.2) is 0 Å². The fraction of sp³-hybridized carbons (Fsp3) is 0.500. The highest BCUT2D eigenvalue weighted by Gasteiger charge is 2.19. The predicted molar refractivity (Wildman–Crippen MR) is 79.7 cm³/mol. The molecule has 0 saturated carbocycles. The number of fused-ring (bicyclic) bond motifs is 1. The summed E-state index contributed by atoms with van der Waals surface area (Å²) in [5, 5.41) is 8.48. The highest BCUT2D eigenvalue weighted by Crippen LogP contribution is 2.14. The smallest absolute Gasteiger partial charge is 0.246 e. The van der Waals surface area contributed by atoms with Crippen molar-refractivity contribution in [1.29, 1.82) is 0 Å². The topological polar surface area (TPSA) is 71.2 Å². The molecule has 3 rings (SSSR count). The fourth-order valence-corrected chi connectivity index (χ4v) is 2.49. The molecule has 1 aliphatic rings. The number of piperazine rings is 1. The van der Waals surface area contributed by atoms with Crippen molar-refractivity contribution in [2.24, 2.45) is 5.73 Å². The van der Waals surface area contributed by atoms with Crippen molar-refractivity contribution in [1.82, 2.24) is 20.1 Å². The molecule has 2 N–H and O–H groups in total. The van der Waals surface area contributed by atoms with Crippen molar-refractivity contribution in [2.45, 2.75) is 6.42 Å². The van der Waals surface area contributed by atoms with Crippen molar-refractivity contribution >= 4 is 17.0 Å². The summed E-state index contributed by atoms with van der Waals surface area (Å²) in [6, 6.07) is 7.84. The quantitative estimate of drug-likeness (QED) is 0.873. The molecule has 0 radical (unpaired) electrons. The zero-order chi connectivity index (χ0) is 13.8. The molecule has 0 amide bonds. The summed E-state index contributed by atoms with van der Waals surface area (Å²) in [6.07, 6.45) is 1.06. The molecule has 1 aliphatic heterocycles. The van der Waals surface area contributed by atoms with E-state index in [1.165, 1.54) is 0 Å². The van der Waals surface area contributed by atoms with E-state index >= 15 is 0 Å². The van der Waals surface area contributed by atoms with Crippen LogP contribution in [0.15, 0.2) is 24.3 Å². The summed E-state index contributed by atoms with van der Waals surface area (Å²) in [5.74, 6) is 0.738. The molecule has 2 heterocycles. The van der Waals surface area contributed by atoms with Gasteiger partial charge in [0.25, 0.3) is 0 Å². The van der Waals surface area contributed by atoms with Gasteiger partial charge in [-0.05, 0) is 31.6 Å². The van der Waals surface area contributed by atoms with Crippen molar-refractivity contribution in [3.63, 3.8) is 0 Å². The Morgan fingerprint density at radius 3 is 2.50 bits per heavy atom. The maximum atomic E-state index is 5.55. The third-order valence-electron chi connectivity index (χ3n) is 3.68. The Hall–Kier alpha value is -1.79. The molecule has 0 bridgehead atoms. The number of benzene rings is 1. The van der Waals surface area contributed by atoms with Crippen molar-refractivity contribution in [3.05, 3.63) is 24.3 Å². The van der Waals surface area contributed by atoms with Gasteiger partial charge in [-0.2, -0.15) is 0 Å². The first-order chi connectivity index (χ1) is 9.86. The van der Waals surface area contributed by atoms with E-state index in [0.717, 1.165) is 62.7 Å². The first kappa shape index (κ1) is 13.2. The van der Waals surface area contributed by atoms with Gasteiger partial charge in [-0.3, -0.25) is 4.90 Å². The summed E-state index contributed by atoms with van der Waals surface area (Å²) < 4.78 is 0. The second-order valence-corrected chi connectivity index (χ2v) is 5.07. The lowest BCUT2D eigenvalue weighted by atomic mass is 10.3. The molecule has 1 aromatic carbocycles. The first-order valence-corrected chi connectivity index (χ1v) is 7.13. The molecule has 106 valence electrons. The molecular formula is C14H20N6. The molecule has 0 unspecified atom stereocenters. The lowest BCUT2D eigenvalue weighted by molar-refractivity contribution is 0.255. The van der Waals surface area contributed by atoms with E-state index in [1.807, 2.05) is 24.3 Å². The van der Waals surface area contributed by atoms with Gasteiger partial charge in [0.05, 0.1) is 5.52 Å². The zero-order valence-electron chi connectivity index (χ0n) is 11.6. The van der Waals surface area contributed by atoms with Crippen LogP contribution in [-0.2, 0) is 0 Å². The number of nitrogens with two attached hydrogens (primary N) is 1. The highest BCUT2D eigenvalue weighted by atomic mass is 15.4. The second-order valence-electron chi connectivity index (χ2n) is 5.07. The first-order valence-electron chi connectivity index (χ1n) is 7.13. The molecule has 0 aliphatic carbocycles. The molecular weight excluding hydrogens is 252 g/mol. The van der Waals surface area contributed by atoms with Crippen LogP contribution in [0.5, 0.6) is 0 Å². The van der Waals surface area contributed by atoms with Gasteiger partial charge in [0.1, 0.15) is 5.52 Å². The minimum absolute atomic E-state index is 0.738. The number of hydrogen-bond donors (Lipinski definition) is 1. The van der Waals surface area contributed by atoms with E-state index in [0.29, 0.717) is 0 Å². The van der Waals surface area contributed by atoms with Gasteiger partial charge in [-0.1, -0.05) is 12.1 Å². The summed E-state index contributed by atoms with van der Waals surface area (Å²) in [5.41, 5.74) is 7.30. The standard InChI is InChI=1S/C14H20N6/c15-6-3-7-19-8-10-20(11-9-19)14-16-12-4-1-2-5-13(12)17-18-14/h1-2,4-5H,3,6-11,15H2. The predicted octanol–water partition coefficient (Wildman–Crippen LogP) is 0.496. The van der Waals surface area contributed by atoms with Crippen LogP contribution in [-0.4, -0.2) is 59.3 Å². The molecule has 20 heavy (non-hydrogen) atoms. The van der Waals surface area contributed by atoms with Crippen LogP contribution in [0.1, 0.15) is 6.42 Å². The highest BCUT2D eigenvalue weighted by molar-refractivity contribution is 5.74. The average molecular weight is 272 g/mol. The molecule has 6 nitrogen and oxygen atoms in total. The monoisotopic (exact) mass is 272 g/mol. The third-order valence-corrected chi connectivity index (χ3v) is 3.68. The van der Waals surface area contributed by atoms with E-state index < -0.39 is 0 Å². The molecule has 1 fully saturated rings. The number of aromatic nitrogens is 3. The van der Waals surface area contributed by atoms with Crippen LogP contribution in [0, 0.1) is 0 Å². The number of hydrogen-bond acceptors (Lipinski definition) is 6. The number of para-hydroxylation sites is 1. The van der Waals surface area contributed by atoms with Crippen molar-refractivity contribution < 1.29 is 0 Å². The van der Waals surface area contributed by atoms with Crippen molar-refractivity contribution in [2.75, 3.05) is 44.2 Å².